The maximum atomic E-state index is 5.71. The standard InChI is InChI=1S/C9H11ClN4S/c10-8-2-1-7(5-12-8)6-14-3-4-15-9(14)13-11/h1-2,5H,3-4,6,11H2/b13-9-. The highest BCUT2D eigenvalue weighted by Crippen LogP contribution is 2.19. The number of amidine groups is 1. The lowest BCUT2D eigenvalue weighted by molar-refractivity contribution is 0.455. The number of halogens is 1. The van der Waals surface area contributed by atoms with E-state index in [0.717, 1.165) is 29.6 Å². The Morgan fingerprint density at radius 3 is 3.13 bits per heavy atom. The summed E-state index contributed by atoms with van der Waals surface area (Å²) >= 11 is 7.39. The third-order valence-corrected chi connectivity index (χ3v) is 3.37. The minimum absolute atomic E-state index is 0.516. The lowest BCUT2D eigenvalue weighted by atomic mass is 10.3. The molecular weight excluding hydrogens is 232 g/mol. The number of aromatic nitrogens is 1. The number of hydrogen-bond acceptors (Lipinski definition) is 4. The van der Waals surface area contributed by atoms with E-state index in [4.69, 9.17) is 17.4 Å². The van der Waals surface area contributed by atoms with E-state index in [9.17, 15) is 0 Å². The van der Waals surface area contributed by atoms with Crippen LogP contribution in [-0.4, -0.2) is 27.3 Å². The van der Waals surface area contributed by atoms with Crippen molar-refractivity contribution < 1.29 is 0 Å². The van der Waals surface area contributed by atoms with Crippen LogP contribution in [0.3, 0.4) is 0 Å². The molecule has 0 aliphatic carbocycles. The molecule has 1 saturated heterocycles. The average Bonchev–Trinajstić information content (AvgIpc) is 2.69. The number of nitrogens with zero attached hydrogens (tertiary/aromatic N) is 3. The summed E-state index contributed by atoms with van der Waals surface area (Å²) in [4.78, 5) is 6.17. The van der Waals surface area contributed by atoms with Crippen LogP contribution in [0.5, 0.6) is 0 Å². The molecule has 0 spiro atoms. The first-order valence-electron chi connectivity index (χ1n) is 4.55. The highest BCUT2D eigenvalue weighted by molar-refractivity contribution is 8.14. The van der Waals surface area contributed by atoms with Gasteiger partial charge in [0.1, 0.15) is 5.15 Å². The second kappa shape index (κ2) is 4.72. The molecular formula is C9H11ClN4S. The van der Waals surface area contributed by atoms with Gasteiger partial charge in [-0.15, -0.1) is 0 Å². The molecule has 4 nitrogen and oxygen atoms in total. The van der Waals surface area contributed by atoms with Crippen LogP contribution in [0.25, 0.3) is 0 Å². The molecule has 1 aromatic heterocycles. The maximum Gasteiger partial charge on any atom is 0.183 e. The van der Waals surface area contributed by atoms with Gasteiger partial charge in [-0.3, -0.25) is 0 Å². The van der Waals surface area contributed by atoms with Crippen molar-refractivity contribution in [3.63, 3.8) is 0 Å². The topological polar surface area (TPSA) is 54.5 Å². The molecule has 2 rings (SSSR count). The zero-order valence-electron chi connectivity index (χ0n) is 8.06. The SMILES string of the molecule is N/N=C1\SCCN1Cc1ccc(Cl)nc1. The summed E-state index contributed by atoms with van der Waals surface area (Å²) < 4.78 is 0. The van der Waals surface area contributed by atoms with Gasteiger partial charge in [0.05, 0.1) is 0 Å². The molecule has 0 radical (unpaired) electrons. The summed E-state index contributed by atoms with van der Waals surface area (Å²) in [6, 6.07) is 3.76. The molecule has 15 heavy (non-hydrogen) atoms. The van der Waals surface area contributed by atoms with Gasteiger partial charge < -0.3 is 10.7 Å². The Hall–Kier alpha value is -0.940. The first-order valence-corrected chi connectivity index (χ1v) is 5.92. The summed E-state index contributed by atoms with van der Waals surface area (Å²) in [6.45, 7) is 1.76. The molecule has 2 heterocycles. The zero-order chi connectivity index (χ0) is 10.7. The Bertz CT molecular complexity index is 365. The minimum atomic E-state index is 0.516. The Labute approximate surface area is 97.5 Å². The smallest absolute Gasteiger partial charge is 0.183 e. The number of thioether (sulfide) groups is 1. The van der Waals surface area contributed by atoms with Crippen molar-refractivity contribution in [1.82, 2.24) is 9.88 Å². The summed E-state index contributed by atoms with van der Waals surface area (Å²) in [5, 5.41) is 5.15. The first-order chi connectivity index (χ1) is 7.29. The zero-order valence-corrected chi connectivity index (χ0v) is 9.63. The molecule has 0 amide bonds. The number of hydrogen-bond donors (Lipinski definition) is 1. The number of nitrogens with two attached hydrogens (primary N) is 1. The predicted octanol–water partition coefficient (Wildman–Crippen LogP) is 1.51. The third kappa shape index (κ3) is 2.54. The van der Waals surface area contributed by atoms with Gasteiger partial charge in [0.25, 0.3) is 0 Å². The van der Waals surface area contributed by atoms with E-state index in [1.807, 2.05) is 6.07 Å². The second-order valence-corrected chi connectivity index (χ2v) is 4.62. The minimum Gasteiger partial charge on any atom is -0.345 e. The van der Waals surface area contributed by atoms with E-state index in [0.29, 0.717) is 5.15 Å². The number of rotatable bonds is 2. The van der Waals surface area contributed by atoms with Crippen LogP contribution in [0, 0.1) is 0 Å². The fourth-order valence-electron chi connectivity index (χ4n) is 1.42. The lowest BCUT2D eigenvalue weighted by Gasteiger charge is -2.16. The summed E-state index contributed by atoms with van der Waals surface area (Å²) in [6.07, 6.45) is 1.78. The van der Waals surface area contributed by atoms with Gasteiger partial charge >= 0.3 is 0 Å². The fraction of sp³-hybridized carbons (Fsp3) is 0.333. The van der Waals surface area contributed by atoms with Crippen molar-refractivity contribution in [2.24, 2.45) is 10.9 Å². The predicted molar refractivity (Wildman–Crippen MR) is 63.7 cm³/mol. The monoisotopic (exact) mass is 242 g/mol. The van der Waals surface area contributed by atoms with Crippen molar-refractivity contribution >= 4 is 28.5 Å². The molecule has 1 aliphatic rings. The van der Waals surface area contributed by atoms with E-state index in [2.05, 4.69) is 15.0 Å². The van der Waals surface area contributed by atoms with Gasteiger partial charge in [-0.05, 0) is 11.6 Å². The van der Waals surface area contributed by atoms with Gasteiger partial charge in [-0.25, -0.2) is 4.98 Å². The van der Waals surface area contributed by atoms with Crippen molar-refractivity contribution in [3.05, 3.63) is 29.0 Å². The number of pyridine rings is 1. The lowest BCUT2D eigenvalue weighted by Crippen LogP contribution is -2.24. The van der Waals surface area contributed by atoms with Crippen LogP contribution >= 0.6 is 23.4 Å². The summed E-state index contributed by atoms with van der Waals surface area (Å²) in [5.41, 5.74) is 1.11. The molecule has 0 saturated carbocycles. The third-order valence-electron chi connectivity index (χ3n) is 2.14. The molecule has 0 aromatic carbocycles. The molecule has 1 aliphatic heterocycles. The van der Waals surface area contributed by atoms with Crippen LogP contribution in [-0.2, 0) is 6.54 Å². The van der Waals surface area contributed by atoms with Crippen LogP contribution in [0.4, 0.5) is 0 Å². The van der Waals surface area contributed by atoms with Crippen LogP contribution in [0.1, 0.15) is 5.56 Å². The molecule has 6 heteroatoms. The second-order valence-electron chi connectivity index (χ2n) is 3.17. The van der Waals surface area contributed by atoms with E-state index >= 15 is 0 Å². The first kappa shape index (κ1) is 10.6. The molecule has 80 valence electrons. The molecule has 0 atom stereocenters. The highest BCUT2D eigenvalue weighted by atomic mass is 35.5. The number of hydrazone groups is 1. The van der Waals surface area contributed by atoms with Gasteiger partial charge in [-0.1, -0.05) is 29.4 Å². The molecule has 0 unspecified atom stereocenters. The van der Waals surface area contributed by atoms with Gasteiger partial charge in [0.2, 0.25) is 0 Å². The fourth-order valence-corrected chi connectivity index (χ4v) is 2.44. The van der Waals surface area contributed by atoms with E-state index in [-0.39, 0.29) is 0 Å². The molecule has 2 N–H and O–H groups in total. The van der Waals surface area contributed by atoms with Gasteiger partial charge in [0.15, 0.2) is 5.17 Å². The van der Waals surface area contributed by atoms with E-state index in [1.54, 1.807) is 24.0 Å². The van der Waals surface area contributed by atoms with Crippen molar-refractivity contribution in [2.75, 3.05) is 12.3 Å². The summed E-state index contributed by atoms with van der Waals surface area (Å²) in [7, 11) is 0. The average molecular weight is 243 g/mol. The quantitative estimate of drug-likeness (QED) is 0.485. The molecule has 0 bridgehead atoms. The Balaban J connectivity index is 2.05. The Morgan fingerprint density at radius 1 is 1.60 bits per heavy atom. The highest BCUT2D eigenvalue weighted by Gasteiger charge is 2.19. The van der Waals surface area contributed by atoms with Crippen molar-refractivity contribution in [3.8, 4) is 0 Å². The Morgan fingerprint density at radius 2 is 2.47 bits per heavy atom. The van der Waals surface area contributed by atoms with Crippen molar-refractivity contribution in [2.45, 2.75) is 6.54 Å². The van der Waals surface area contributed by atoms with Crippen molar-refractivity contribution in [1.29, 1.82) is 0 Å². The summed E-state index contributed by atoms with van der Waals surface area (Å²) in [5.74, 6) is 6.33. The van der Waals surface area contributed by atoms with Gasteiger partial charge in [-0.2, -0.15) is 5.10 Å². The van der Waals surface area contributed by atoms with Crippen LogP contribution in [0.2, 0.25) is 5.15 Å². The van der Waals surface area contributed by atoms with Crippen LogP contribution < -0.4 is 5.84 Å². The molecule has 1 aromatic rings. The normalized spacial score (nSPS) is 18.7. The Kier molecular flexibility index (Phi) is 3.33. The van der Waals surface area contributed by atoms with Gasteiger partial charge in [0, 0.05) is 25.0 Å². The van der Waals surface area contributed by atoms with E-state index in [1.165, 1.54) is 0 Å². The maximum absolute atomic E-state index is 5.71. The van der Waals surface area contributed by atoms with Crippen LogP contribution in [0.15, 0.2) is 23.4 Å². The van der Waals surface area contributed by atoms with E-state index < -0.39 is 0 Å². The molecule has 1 fully saturated rings. The largest absolute Gasteiger partial charge is 0.345 e.